The molecule has 1 aliphatic rings. The van der Waals surface area contributed by atoms with Gasteiger partial charge in [0.1, 0.15) is 4.90 Å². The van der Waals surface area contributed by atoms with Gasteiger partial charge in [-0.25, -0.2) is 8.42 Å². The normalized spacial score (nSPS) is 20.9. The lowest BCUT2D eigenvalue weighted by Gasteiger charge is -2.18. The van der Waals surface area contributed by atoms with Crippen LogP contribution in [0.2, 0.25) is 5.02 Å². The second-order valence-electron chi connectivity index (χ2n) is 4.84. The summed E-state index contributed by atoms with van der Waals surface area (Å²) in [5.74, 6) is -0.159. The van der Waals surface area contributed by atoms with Crippen molar-refractivity contribution in [2.45, 2.75) is 17.5 Å². The monoisotopic (exact) mass is 343 g/mol. The summed E-state index contributed by atoms with van der Waals surface area (Å²) in [4.78, 5) is -0.351. The average Bonchev–Trinajstić information content (AvgIpc) is 2.86. The fourth-order valence-electron chi connectivity index (χ4n) is 2.19. The van der Waals surface area contributed by atoms with Crippen LogP contribution in [0.15, 0.2) is 23.1 Å². The molecule has 1 N–H and O–H groups in total. The fraction of sp³-hybridized carbons (Fsp3) is 0.500. The first-order valence-corrected chi connectivity index (χ1v) is 7.96. The van der Waals surface area contributed by atoms with E-state index >= 15 is 0 Å². The smallest absolute Gasteiger partial charge is 0.396 e. The zero-order valence-corrected chi connectivity index (χ0v) is 12.3. The minimum atomic E-state index is -4.58. The van der Waals surface area contributed by atoms with E-state index in [2.05, 4.69) is 0 Å². The molecule has 1 unspecified atom stereocenters. The molecule has 4 nitrogen and oxygen atoms in total. The first kappa shape index (κ1) is 16.5. The Hall–Kier alpha value is -0.830. The molecule has 0 amide bonds. The molecule has 1 aromatic rings. The van der Waals surface area contributed by atoms with E-state index < -0.39 is 26.8 Å². The number of nitrogens with zero attached hydrogens (tertiary/aromatic N) is 1. The van der Waals surface area contributed by atoms with Crippen LogP contribution in [0.4, 0.5) is 13.2 Å². The summed E-state index contributed by atoms with van der Waals surface area (Å²) in [6.45, 7) is 0.216. The minimum absolute atomic E-state index is 0.132. The number of halogens is 4. The quantitative estimate of drug-likeness (QED) is 0.916. The minimum Gasteiger partial charge on any atom is -0.396 e. The van der Waals surface area contributed by atoms with Crippen molar-refractivity contribution in [3.8, 4) is 0 Å². The van der Waals surface area contributed by atoms with Crippen molar-refractivity contribution in [2.75, 3.05) is 19.7 Å². The van der Waals surface area contributed by atoms with Gasteiger partial charge in [0.15, 0.2) is 0 Å². The maximum absolute atomic E-state index is 12.5. The van der Waals surface area contributed by atoms with Gasteiger partial charge in [-0.05, 0) is 30.5 Å². The predicted octanol–water partition coefficient (Wildman–Crippen LogP) is 2.36. The molecule has 2 rings (SSSR count). The Kier molecular flexibility index (Phi) is 4.53. The van der Waals surface area contributed by atoms with Gasteiger partial charge in [-0.15, -0.1) is 0 Å². The van der Waals surface area contributed by atoms with Crippen LogP contribution < -0.4 is 0 Å². The molecule has 1 aromatic carbocycles. The van der Waals surface area contributed by atoms with Gasteiger partial charge in [0, 0.05) is 19.7 Å². The summed E-state index contributed by atoms with van der Waals surface area (Å²) in [6, 6.07) is 2.17. The van der Waals surface area contributed by atoms with Gasteiger partial charge in [-0.2, -0.15) is 17.5 Å². The molecule has 1 atom stereocenters. The van der Waals surface area contributed by atoms with Gasteiger partial charge in [0.2, 0.25) is 10.0 Å². The lowest BCUT2D eigenvalue weighted by molar-refractivity contribution is -0.137. The maximum atomic E-state index is 12.5. The number of aliphatic hydroxyl groups is 1. The van der Waals surface area contributed by atoms with Gasteiger partial charge in [0.05, 0.1) is 10.6 Å². The standard InChI is InChI=1S/C12H13ClF3NO3S/c13-10-5-9(12(14,15)16)1-2-11(10)21(19,20)17-4-3-8(6-17)7-18/h1-2,5,8,18H,3-4,6-7H2. The molecule has 0 bridgehead atoms. The van der Waals surface area contributed by atoms with Crippen molar-refractivity contribution in [2.24, 2.45) is 5.92 Å². The Labute approximate surface area is 125 Å². The van der Waals surface area contributed by atoms with E-state index in [9.17, 15) is 21.6 Å². The van der Waals surface area contributed by atoms with Gasteiger partial charge < -0.3 is 5.11 Å². The van der Waals surface area contributed by atoms with E-state index in [0.29, 0.717) is 18.6 Å². The summed E-state index contributed by atoms with van der Waals surface area (Å²) >= 11 is 5.71. The molecular formula is C12H13ClF3NO3S. The third kappa shape index (κ3) is 3.33. The van der Waals surface area contributed by atoms with Crippen LogP contribution in [0.1, 0.15) is 12.0 Å². The molecule has 0 saturated carbocycles. The largest absolute Gasteiger partial charge is 0.416 e. The van der Waals surface area contributed by atoms with Crippen LogP contribution in [0.25, 0.3) is 0 Å². The molecule has 118 valence electrons. The molecule has 0 aromatic heterocycles. The lowest BCUT2D eigenvalue weighted by atomic mass is 10.1. The van der Waals surface area contributed by atoms with Crippen molar-refractivity contribution in [1.29, 1.82) is 0 Å². The highest BCUT2D eigenvalue weighted by atomic mass is 35.5. The van der Waals surface area contributed by atoms with Crippen LogP contribution >= 0.6 is 11.6 Å². The summed E-state index contributed by atoms with van der Waals surface area (Å²) < 4.78 is 63.5. The highest BCUT2D eigenvalue weighted by Gasteiger charge is 2.35. The molecular weight excluding hydrogens is 331 g/mol. The molecule has 9 heteroatoms. The molecule has 21 heavy (non-hydrogen) atoms. The van der Waals surface area contributed by atoms with Crippen LogP contribution in [-0.4, -0.2) is 37.5 Å². The number of rotatable bonds is 3. The molecule has 0 aliphatic carbocycles. The Morgan fingerprint density at radius 1 is 1.38 bits per heavy atom. The number of alkyl halides is 3. The van der Waals surface area contributed by atoms with Crippen molar-refractivity contribution in [3.05, 3.63) is 28.8 Å². The maximum Gasteiger partial charge on any atom is 0.416 e. The van der Waals surface area contributed by atoms with Gasteiger partial charge >= 0.3 is 6.18 Å². The number of hydrogen-bond acceptors (Lipinski definition) is 3. The first-order chi connectivity index (χ1) is 9.66. The summed E-state index contributed by atoms with van der Waals surface area (Å²) in [5, 5.41) is 8.57. The topological polar surface area (TPSA) is 57.6 Å². The zero-order chi connectivity index (χ0) is 15.8. The molecule has 1 saturated heterocycles. The van der Waals surface area contributed by atoms with Crippen LogP contribution in [0, 0.1) is 5.92 Å². The average molecular weight is 344 g/mol. The van der Waals surface area contributed by atoms with Crippen LogP contribution in [0.5, 0.6) is 0 Å². The second kappa shape index (κ2) is 5.75. The highest BCUT2D eigenvalue weighted by molar-refractivity contribution is 7.89. The van der Waals surface area contributed by atoms with E-state index in [4.69, 9.17) is 16.7 Å². The van der Waals surface area contributed by atoms with Gasteiger partial charge in [-0.3, -0.25) is 0 Å². The number of sulfonamides is 1. The molecule has 1 aliphatic heterocycles. The molecule has 0 radical (unpaired) electrons. The highest BCUT2D eigenvalue weighted by Crippen LogP contribution is 2.35. The molecule has 1 heterocycles. The van der Waals surface area contributed by atoms with E-state index in [1.807, 2.05) is 0 Å². The van der Waals surface area contributed by atoms with E-state index in [1.165, 1.54) is 0 Å². The summed E-state index contributed by atoms with van der Waals surface area (Å²) in [6.07, 6.45) is -4.07. The van der Waals surface area contributed by atoms with Crippen molar-refractivity contribution in [1.82, 2.24) is 4.31 Å². The Morgan fingerprint density at radius 2 is 2.05 bits per heavy atom. The summed E-state index contributed by atoms with van der Waals surface area (Å²) in [5.41, 5.74) is -0.999. The molecule has 1 fully saturated rings. The van der Waals surface area contributed by atoms with Crippen LogP contribution in [-0.2, 0) is 16.2 Å². The van der Waals surface area contributed by atoms with Gasteiger partial charge in [-0.1, -0.05) is 11.6 Å². The van der Waals surface area contributed by atoms with Gasteiger partial charge in [0.25, 0.3) is 0 Å². The Balaban J connectivity index is 2.33. The predicted molar refractivity (Wildman–Crippen MR) is 70.4 cm³/mol. The third-order valence-corrected chi connectivity index (χ3v) is 5.73. The zero-order valence-electron chi connectivity index (χ0n) is 10.8. The Morgan fingerprint density at radius 3 is 2.52 bits per heavy atom. The fourth-order valence-corrected chi connectivity index (χ4v) is 4.24. The number of aliphatic hydroxyl groups excluding tert-OH is 1. The van der Waals surface area contributed by atoms with Crippen molar-refractivity contribution >= 4 is 21.6 Å². The lowest BCUT2D eigenvalue weighted by Crippen LogP contribution is -2.29. The SMILES string of the molecule is O=S(=O)(c1ccc(C(F)(F)F)cc1Cl)N1CCC(CO)C1. The number of benzene rings is 1. The second-order valence-corrected chi connectivity index (χ2v) is 7.16. The Bertz CT molecular complexity index is 633. The van der Waals surface area contributed by atoms with Crippen molar-refractivity contribution < 1.29 is 26.7 Å². The molecule has 0 spiro atoms. The van der Waals surface area contributed by atoms with Crippen LogP contribution in [0.3, 0.4) is 0 Å². The van der Waals surface area contributed by atoms with Crippen molar-refractivity contribution in [3.63, 3.8) is 0 Å². The van der Waals surface area contributed by atoms with E-state index in [0.717, 1.165) is 10.4 Å². The third-order valence-electron chi connectivity index (χ3n) is 3.38. The summed E-state index contributed by atoms with van der Waals surface area (Å²) in [7, 11) is -3.95. The first-order valence-electron chi connectivity index (χ1n) is 6.14. The number of hydrogen-bond donors (Lipinski definition) is 1. The van der Waals surface area contributed by atoms with E-state index in [1.54, 1.807) is 0 Å². The van der Waals surface area contributed by atoms with E-state index in [-0.39, 0.29) is 30.5 Å².